The van der Waals surface area contributed by atoms with E-state index >= 15 is 0 Å². The third-order valence-corrected chi connectivity index (χ3v) is 3.38. The van der Waals surface area contributed by atoms with E-state index in [0.29, 0.717) is 6.10 Å². The van der Waals surface area contributed by atoms with Crippen molar-refractivity contribution >= 4 is 0 Å². The molecule has 0 aromatic carbocycles. The highest BCUT2D eigenvalue weighted by molar-refractivity contribution is 4.82. The van der Waals surface area contributed by atoms with E-state index < -0.39 is 0 Å². The van der Waals surface area contributed by atoms with Gasteiger partial charge in [-0.2, -0.15) is 0 Å². The fourth-order valence-electron chi connectivity index (χ4n) is 2.75. The first kappa shape index (κ1) is 15.9. The van der Waals surface area contributed by atoms with Crippen molar-refractivity contribution in [2.75, 3.05) is 32.7 Å². The molecule has 0 spiro atoms. The summed E-state index contributed by atoms with van der Waals surface area (Å²) in [5, 5.41) is 3.55. The Balaban J connectivity index is 2.08. The van der Waals surface area contributed by atoms with Gasteiger partial charge < -0.3 is 10.1 Å². The molecule has 0 aromatic rings. The first-order chi connectivity index (χ1) is 8.39. The van der Waals surface area contributed by atoms with E-state index in [2.05, 4.69) is 44.8 Å². The minimum Gasteiger partial charge on any atom is -0.370 e. The Morgan fingerprint density at radius 1 is 1.33 bits per heavy atom. The molecule has 0 radical (unpaired) electrons. The van der Waals surface area contributed by atoms with Crippen LogP contribution >= 0.6 is 0 Å². The highest BCUT2D eigenvalue weighted by Crippen LogP contribution is 2.20. The van der Waals surface area contributed by atoms with Gasteiger partial charge in [0.2, 0.25) is 0 Å². The molecule has 1 fully saturated rings. The van der Waals surface area contributed by atoms with Crippen molar-refractivity contribution in [3.8, 4) is 0 Å². The summed E-state index contributed by atoms with van der Waals surface area (Å²) in [6.07, 6.45) is 2.98. The number of hydrogen-bond donors (Lipinski definition) is 1. The molecule has 3 heteroatoms. The Bertz CT molecular complexity index is 229. The van der Waals surface area contributed by atoms with Crippen LogP contribution in [-0.2, 0) is 4.74 Å². The Morgan fingerprint density at radius 3 is 2.67 bits per heavy atom. The molecule has 1 unspecified atom stereocenters. The first-order valence-corrected chi connectivity index (χ1v) is 7.50. The molecule has 1 atom stereocenters. The van der Waals surface area contributed by atoms with Gasteiger partial charge >= 0.3 is 0 Å². The van der Waals surface area contributed by atoms with E-state index in [9.17, 15) is 0 Å². The quantitative estimate of drug-likeness (QED) is 0.708. The van der Waals surface area contributed by atoms with Crippen LogP contribution < -0.4 is 5.32 Å². The molecular weight excluding hydrogens is 224 g/mol. The van der Waals surface area contributed by atoms with Crippen LogP contribution in [0.15, 0.2) is 0 Å². The summed E-state index contributed by atoms with van der Waals surface area (Å²) in [7, 11) is 0. The predicted octanol–water partition coefficient (Wildman–Crippen LogP) is 2.51. The maximum atomic E-state index is 5.91. The van der Waals surface area contributed by atoms with E-state index in [4.69, 9.17) is 4.74 Å². The zero-order valence-electron chi connectivity index (χ0n) is 13.0. The average molecular weight is 256 g/mol. The van der Waals surface area contributed by atoms with Crippen LogP contribution in [0.3, 0.4) is 0 Å². The lowest BCUT2D eigenvalue weighted by Gasteiger charge is -2.41. The SMILES string of the molecule is CC(C)CCCNCCN1CC(C)OC(C)(C)C1. The van der Waals surface area contributed by atoms with Crippen LogP contribution in [0.5, 0.6) is 0 Å². The second-order valence-electron chi connectivity index (χ2n) is 6.71. The summed E-state index contributed by atoms with van der Waals surface area (Å²) in [5.74, 6) is 0.827. The van der Waals surface area contributed by atoms with Gasteiger partial charge in [-0.3, -0.25) is 4.90 Å². The van der Waals surface area contributed by atoms with E-state index in [-0.39, 0.29) is 5.60 Å². The maximum Gasteiger partial charge on any atom is 0.0757 e. The van der Waals surface area contributed by atoms with Gasteiger partial charge in [0.25, 0.3) is 0 Å². The minimum absolute atomic E-state index is 0.00924. The summed E-state index contributed by atoms with van der Waals surface area (Å²) in [4.78, 5) is 2.52. The number of morpholine rings is 1. The summed E-state index contributed by atoms with van der Waals surface area (Å²) in [6.45, 7) is 16.6. The zero-order valence-corrected chi connectivity index (χ0v) is 13.0. The third kappa shape index (κ3) is 6.72. The molecule has 0 saturated carbocycles. The Hall–Kier alpha value is -0.120. The van der Waals surface area contributed by atoms with Gasteiger partial charge in [-0.15, -0.1) is 0 Å². The molecule has 18 heavy (non-hydrogen) atoms. The molecule has 3 nitrogen and oxygen atoms in total. The Morgan fingerprint density at radius 2 is 2.06 bits per heavy atom. The van der Waals surface area contributed by atoms with Crippen LogP contribution in [0.4, 0.5) is 0 Å². The standard InChI is InChI=1S/C15H32N2O/c1-13(2)7-6-8-16-9-10-17-11-14(3)18-15(4,5)12-17/h13-14,16H,6-12H2,1-5H3. The van der Waals surface area contributed by atoms with Gasteiger partial charge in [-0.1, -0.05) is 13.8 Å². The number of ether oxygens (including phenoxy) is 1. The number of nitrogens with one attached hydrogen (secondary N) is 1. The molecule has 0 aliphatic carbocycles. The predicted molar refractivity (Wildman–Crippen MR) is 78.0 cm³/mol. The summed E-state index contributed by atoms with van der Waals surface area (Å²) in [5.41, 5.74) is 0.00924. The van der Waals surface area contributed by atoms with Crippen LogP contribution in [-0.4, -0.2) is 49.3 Å². The van der Waals surface area contributed by atoms with Crippen molar-refractivity contribution in [2.24, 2.45) is 5.92 Å². The molecule has 1 aliphatic heterocycles. The largest absolute Gasteiger partial charge is 0.370 e. The van der Waals surface area contributed by atoms with Crippen molar-refractivity contribution in [1.82, 2.24) is 10.2 Å². The lowest BCUT2D eigenvalue weighted by Crippen LogP contribution is -2.53. The molecule has 0 amide bonds. The van der Waals surface area contributed by atoms with Gasteiger partial charge in [-0.25, -0.2) is 0 Å². The molecule has 1 heterocycles. The van der Waals surface area contributed by atoms with E-state index in [1.807, 2.05) is 0 Å². The molecule has 0 bridgehead atoms. The Kier molecular flexibility index (Phi) is 6.61. The third-order valence-electron chi connectivity index (χ3n) is 3.38. The molecule has 1 saturated heterocycles. The minimum atomic E-state index is 0.00924. The molecule has 0 aromatic heterocycles. The number of hydrogen-bond acceptors (Lipinski definition) is 3. The number of nitrogens with zero attached hydrogens (tertiary/aromatic N) is 1. The molecule has 1 aliphatic rings. The van der Waals surface area contributed by atoms with E-state index in [0.717, 1.165) is 38.6 Å². The fourth-order valence-corrected chi connectivity index (χ4v) is 2.75. The summed E-state index contributed by atoms with van der Waals surface area (Å²) < 4.78 is 5.91. The van der Waals surface area contributed by atoms with Gasteiger partial charge in [0.05, 0.1) is 11.7 Å². The van der Waals surface area contributed by atoms with Crippen molar-refractivity contribution in [3.63, 3.8) is 0 Å². The highest BCUT2D eigenvalue weighted by Gasteiger charge is 2.30. The number of rotatable bonds is 7. The first-order valence-electron chi connectivity index (χ1n) is 7.50. The van der Waals surface area contributed by atoms with E-state index in [1.54, 1.807) is 0 Å². The van der Waals surface area contributed by atoms with Crippen LogP contribution in [0.25, 0.3) is 0 Å². The molecular formula is C15H32N2O. The van der Waals surface area contributed by atoms with Gasteiger partial charge in [0.1, 0.15) is 0 Å². The second kappa shape index (κ2) is 7.46. The van der Waals surface area contributed by atoms with Gasteiger partial charge in [0.15, 0.2) is 0 Å². The van der Waals surface area contributed by atoms with Gasteiger partial charge in [0, 0.05) is 26.2 Å². The van der Waals surface area contributed by atoms with Crippen molar-refractivity contribution in [2.45, 2.75) is 59.2 Å². The lowest BCUT2D eigenvalue weighted by molar-refractivity contribution is -0.128. The normalized spacial score (nSPS) is 24.7. The van der Waals surface area contributed by atoms with Crippen molar-refractivity contribution in [1.29, 1.82) is 0 Å². The maximum absolute atomic E-state index is 5.91. The molecule has 1 N–H and O–H groups in total. The Labute approximate surface area is 113 Å². The highest BCUT2D eigenvalue weighted by atomic mass is 16.5. The van der Waals surface area contributed by atoms with Crippen LogP contribution in [0.2, 0.25) is 0 Å². The molecule has 1 rings (SSSR count). The average Bonchev–Trinajstić information content (AvgIpc) is 2.19. The zero-order chi connectivity index (χ0) is 13.6. The summed E-state index contributed by atoms with van der Waals surface area (Å²) >= 11 is 0. The van der Waals surface area contributed by atoms with E-state index in [1.165, 1.54) is 12.8 Å². The van der Waals surface area contributed by atoms with Crippen molar-refractivity contribution in [3.05, 3.63) is 0 Å². The smallest absolute Gasteiger partial charge is 0.0757 e. The fraction of sp³-hybridized carbons (Fsp3) is 1.00. The summed E-state index contributed by atoms with van der Waals surface area (Å²) in [6, 6.07) is 0. The topological polar surface area (TPSA) is 24.5 Å². The van der Waals surface area contributed by atoms with Crippen LogP contribution in [0.1, 0.15) is 47.5 Å². The second-order valence-corrected chi connectivity index (χ2v) is 6.71. The van der Waals surface area contributed by atoms with Gasteiger partial charge in [-0.05, 0) is 46.1 Å². The molecule has 108 valence electrons. The van der Waals surface area contributed by atoms with Crippen LogP contribution in [0, 0.1) is 5.92 Å². The lowest BCUT2D eigenvalue weighted by atomic mass is 10.1. The van der Waals surface area contributed by atoms with Crippen molar-refractivity contribution < 1.29 is 4.74 Å². The monoisotopic (exact) mass is 256 g/mol.